The molecule has 0 aliphatic heterocycles. The van der Waals surface area contributed by atoms with Crippen LogP contribution in [0.2, 0.25) is 0 Å². The fourth-order valence-corrected chi connectivity index (χ4v) is 6.89. The van der Waals surface area contributed by atoms with Crippen LogP contribution in [-0.4, -0.2) is 14.5 Å². The number of hydrogen-bond acceptors (Lipinski definition) is 3. The van der Waals surface area contributed by atoms with E-state index in [4.69, 9.17) is 14.4 Å². The highest BCUT2D eigenvalue weighted by atomic mass is 16.3. The molecule has 10 rings (SSSR count). The summed E-state index contributed by atoms with van der Waals surface area (Å²) in [4.78, 5) is 10.5. The maximum absolute atomic E-state index is 6.47. The molecule has 0 saturated carbocycles. The van der Waals surface area contributed by atoms with Crippen molar-refractivity contribution in [3.8, 4) is 28.2 Å². The van der Waals surface area contributed by atoms with Crippen molar-refractivity contribution < 1.29 is 4.42 Å². The van der Waals surface area contributed by atoms with E-state index >= 15 is 0 Å². The molecule has 0 saturated heterocycles. The minimum Gasteiger partial charge on any atom is -0.456 e. The van der Waals surface area contributed by atoms with Gasteiger partial charge >= 0.3 is 0 Å². The molecular formula is C36H19N3O. The molecule has 6 aromatic carbocycles. The molecule has 0 amide bonds. The third-order valence-electron chi connectivity index (χ3n) is 8.50. The van der Waals surface area contributed by atoms with Gasteiger partial charge in [-0.15, -0.1) is 0 Å². The molecule has 3 heterocycles. The third-order valence-corrected chi connectivity index (χ3v) is 8.50. The monoisotopic (exact) mass is 509 g/mol. The van der Waals surface area contributed by atoms with Crippen LogP contribution >= 0.6 is 0 Å². The molecule has 0 spiro atoms. The van der Waals surface area contributed by atoms with Crippen molar-refractivity contribution in [3.63, 3.8) is 0 Å². The summed E-state index contributed by atoms with van der Waals surface area (Å²) >= 11 is 0. The molecular weight excluding hydrogens is 490 g/mol. The van der Waals surface area contributed by atoms with Crippen molar-refractivity contribution in [3.05, 3.63) is 115 Å². The summed E-state index contributed by atoms with van der Waals surface area (Å²) in [6, 6.07) is 40.3. The summed E-state index contributed by atoms with van der Waals surface area (Å²) in [5.41, 5.74) is 10.2. The molecule has 9 aromatic rings. The van der Waals surface area contributed by atoms with Gasteiger partial charge < -0.3 is 4.42 Å². The van der Waals surface area contributed by atoms with Gasteiger partial charge in [-0.2, -0.15) is 0 Å². The highest BCUT2D eigenvalue weighted by molar-refractivity contribution is 6.37. The molecule has 0 N–H and O–H groups in total. The third kappa shape index (κ3) is 2.42. The van der Waals surface area contributed by atoms with E-state index in [0.717, 1.165) is 50.3 Å². The fourth-order valence-electron chi connectivity index (χ4n) is 6.89. The number of aromatic nitrogens is 3. The van der Waals surface area contributed by atoms with Crippen LogP contribution in [0.1, 0.15) is 0 Å². The minimum atomic E-state index is 0.827. The second kappa shape index (κ2) is 7.13. The predicted molar refractivity (Wildman–Crippen MR) is 163 cm³/mol. The van der Waals surface area contributed by atoms with E-state index in [1.807, 2.05) is 30.3 Å². The van der Waals surface area contributed by atoms with Gasteiger partial charge in [0.1, 0.15) is 16.9 Å². The van der Waals surface area contributed by atoms with E-state index in [1.54, 1.807) is 0 Å². The van der Waals surface area contributed by atoms with Crippen LogP contribution in [0.4, 0.5) is 0 Å². The quantitative estimate of drug-likeness (QED) is 0.233. The molecule has 0 atom stereocenters. The maximum atomic E-state index is 6.47. The summed E-state index contributed by atoms with van der Waals surface area (Å²) in [5.74, 6) is 0.827. The van der Waals surface area contributed by atoms with Crippen molar-refractivity contribution in [2.24, 2.45) is 0 Å². The minimum absolute atomic E-state index is 0.827. The number of furan rings is 1. The number of rotatable bonds is 2. The van der Waals surface area contributed by atoms with Crippen molar-refractivity contribution >= 4 is 65.6 Å². The van der Waals surface area contributed by atoms with Gasteiger partial charge in [0.2, 0.25) is 0 Å². The lowest BCUT2D eigenvalue weighted by Gasteiger charge is -2.14. The molecule has 1 aliphatic carbocycles. The number of nitrogens with zero attached hydrogens (tertiary/aromatic N) is 3. The molecule has 0 unspecified atom stereocenters. The molecule has 0 radical (unpaired) electrons. The first-order valence-electron chi connectivity index (χ1n) is 13.5. The molecule has 1 aliphatic rings. The summed E-state index contributed by atoms with van der Waals surface area (Å²) in [6.07, 6.45) is 0. The zero-order chi connectivity index (χ0) is 25.9. The van der Waals surface area contributed by atoms with Gasteiger partial charge in [-0.25, -0.2) is 9.97 Å². The Morgan fingerprint density at radius 1 is 0.475 bits per heavy atom. The summed E-state index contributed by atoms with van der Waals surface area (Å²) in [7, 11) is 0. The second-order valence-electron chi connectivity index (χ2n) is 10.6. The van der Waals surface area contributed by atoms with E-state index in [-0.39, 0.29) is 0 Å². The highest BCUT2D eigenvalue weighted by Gasteiger charge is 2.27. The Labute approximate surface area is 227 Å². The van der Waals surface area contributed by atoms with Crippen LogP contribution in [0.25, 0.3) is 93.8 Å². The van der Waals surface area contributed by atoms with Crippen LogP contribution < -0.4 is 0 Å². The van der Waals surface area contributed by atoms with Gasteiger partial charge in [-0.3, -0.25) is 4.57 Å². The Morgan fingerprint density at radius 2 is 1.15 bits per heavy atom. The van der Waals surface area contributed by atoms with E-state index in [9.17, 15) is 0 Å². The second-order valence-corrected chi connectivity index (χ2v) is 10.6. The lowest BCUT2D eigenvalue weighted by atomic mass is 9.95. The van der Waals surface area contributed by atoms with Gasteiger partial charge in [0.05, 0.1) is 22.1 Å². The Balaban J connectivity index is 1.47. The van der Waals surface area contributed by atoms with Gasteiger partial charge in [-0.1, -0.05) is 78.9 Å². The predicted octanol–water partition coefficient (Wildman–Crippen LogP) is 9.43. The first-order valence-corrected chi connectivity index (χ1v) is 13.5. The molecule has 3 aromatic heterocycles. The average molecular weight is 510 g/mol. The van der Waals surface area contributed by atoms with Crippen LogP contribution in [0.15, 0.2) is 120 Å². The maximum Gasteiger partial charge on any atom is 0.165 e. The first-order chi connectivity index (χ1) is 19.8. The van der Waals surface area contributed by atoms with Crippen molar-refractivity contribution in [2.45, 2.75) is 0 Å². The number of benzene rings is 6. The Kier molecular flexibility index (Phi) is 3.65. The summed E-state index contributed by atoms with van der Waals surface area (Å²) < 4.78 is 8.78. The van der Waals surface area contributed by atoms with Crippen molar-refractivity contribution in [1.29, 1.82) is 0 Å². The van der Waals surface area contributed by atoms with Crippen LogP contribution in [0.3, 0.4) is 0 Å². The summed E-state index contributed by atoms with van der Waals surface area (Å²) in [6.45, 7) is 0. The smallest absolute Gasteiger partial charge is 0.165 e. The SMILES string of the molecule is c1ccc(-c2nc3ccccc3nc2-n2c3cccc4c3c3c5c(ccc32)oc2ccc3cccc-4c3c25)cc1. The molecule has 40 heavy (non-hydrogen) atoms. The highest BCUT2D eigenvalue weighted by Crippen LogP contribution is 2.50. The molecule has 0 fully saturated rings. The van der Waals surface area contributed by atoms with E-state index in [1.165, 1.54) is 43.4 Å². The Hall–Kier alpha value is -5.48. The zero-order valence-electron chi connectivity index (χ0n) is 21.2. The molecule has 0 bridgehead atoms. The van der Waals surface area contributed by atoms with E-state index < -0.39 is 0 Å². The average Bonchev–Trinajstić information content (AvgIpc) is 3.52. The number of para-hydroxylation sites is 2. The Bertz CT molecular complexity index is 2540. The van der Waals surface area contributed by atoms with Gasteiger partial charge in [-0.05, 0) is 52.9 Å². The lowest BCUT2D eigenvalue weighted by Crippen LogP contribution is -2.03. The molecule has 184 valence electrons. The zero-order valence-corrected chi connectivity index (χ0v) is 21.2. The fraction of sp³-hybridized carbons (Fsp3) is 0. The van der Waals surface area contributed by atoms with Crippen molar-refractivity contribution in [1.82, 2.24) is 14.5 Å². The van der Waals surface area contributed by atoms with Crippen LogP contribution in [0, 0.1) is 0 Å². The number of fused-ring (bicyclic) bond motifs is 2. The van der Waals surface area contributed by atoms with Crippen LogP contribution in [-0.2, 0) is 0 Å². The van der Waals surface area contributed by atoms with Gasteiger partial charge in [0, 0.05) is 32.5 Å². The topological polar surface area (TPSA) is 43.9 Å². The van der Waals surface area contributed by atoms with Crippen LogP contribution in [0.5, 0.6) is 0 Å². The largest absolute Gasteiger partial charge is 0.456 e. The van der Waals surface area contributed by atoms with E-state index in [2.05, 4.69) is 89.5 Å². The van der Waals surface area contributed by atoms with Gasteiger partial charge in [0.15, 0.2) is 5.82 Å². The Morgan fingerprint density at radius 3 is 2.00 bits per heavy atom. The number of hydrogen-bond donors (Lipinski definition) is 0. The summed E-state index contributed by atoms with van der Waals surface area (Å²) in [5, 5.41) is 7.29. The normalized spacial score (nSPS) is 12.5. The van der Waals surface area contributed by atoms with E-state index in [0.29, 0.717) is 0 Å². The standard InChI is InChI=1S/C36H19N3O/c1-2-8-21(9-3-1)35-36(38-25-14-5-4-13-24(25)37-35)39-26-15-7-12-23-22-11-6-10-20-16-18-28-33(30(20)22)34-29(40-28)19-17-27(39)32(34)31(23)26/h1-19H. The van der Waals surface area contributed by atoms with Crippen molar-refractivity contribution in [2.75, 3.05) is 0 Å². The first kappa shape index (κ1) is 20.5. The molecule has 4 nitrogen and oxygen atoms in total. The van der Waals surface area contributed by atoms with Gasteiger partial charge in [0.25, 0.3) is 0 Å². The lowest BCUT2D eigenvalue weighted by molar-refractivity contribution is 0.669. The molecule has 4 heteroatoms.